The number of rotatable bonds is 1. The summed E-state index contributed by atoms with van der Waals surface area (Å²) in [6, 6.07) is 7.12. The molecular formula is C11H11FN2. The summed E-state index contributed by atoms with van der Waals surface area (Å²) in [4.78, 5) is 4.03. The first-order chi connectivity index (χ1) is 6.68. The summed E-state index contributed by atoms with van der Waals surface area (Å²) in [6.45, 7) is 4.00. The van der Waals surface area contributed by atoms with E-state index in [-0.39, 0.29) is 5.82 Å². The third kappa shape index (κ3) is 1.41. The predicted octanol–water partition coefficient (Wildman–Crippen LogP) is 2.63. The molecule has 0 aliphatic rings. The molecule has 0 spiro atoms. The van der Waals surface area contributed by atoms with E-state index in [0.717, 1.165) is 17.2 Å². The topological polar surface area (TPSA) is 17.8 Å². The molecule has 0 N–H and O–H groups in total. The van der Waals surface area contributed by atoms with Gasteiger partial charge in [0.15, 0.2) is 0 Å². The number of halogens is 1. The minimum Gasteiger partial charge on any atom is -0.303 e. The lowest BCUT2D eigenvalue weighted by Gasteiger charge is -2.07. The molecular weight excluding hydrogens is 179 g/mol. The molecule has 3 heteroatoms. The van der Waals surface area contributed by atoms with Crippen LogP contribution in [0.25, 0.3) is 5.82 Å². The van der Waals surface area contributed by atoms with E-state index in [4.69, 9.17) is 0 Å². The number of aryl methyl sites for hydroxylation is 2. The molecule has 0 atom stereocenters. The lowest BCUT2D eigenvalue weighted by atomic mass is 10.4. The Morgan fingerprint density at radius 2 is 1.71 bits per heavy atom. The first-order valence-electron chi connectivity index (χ1n) is 4.45. The first-order valence-corrected chi connectivity index (χ1v) is 4.45. The minimum absolute atomic E-state index is 0.309. The van der Waals surface area contributed by atoms with E-state index in [1.54, 1.807) is 6.07 Å². The molecule has 2 aromatic rings. The molecule has 0 aromatic carbocycles. The van der Waals surface area contributed by atoms with Crippen LogP contribution in [-0.4, -0.2) is 9.55 Å². The molecule has 2 aromatic heterocycles. The fraction of sp³-hybridized carbons (Fsp3) is 0.182. The second-order valence-corrected chi connectivity index (χ2v) is 3.29. The van der Waals surface area contributed by atoms with E-state index in [1.165, 1.54) is 12.3 Å². The Kier molecular flexibility index (Phi) is 2.08. The average molecular weight is 190 g/mol. The van der Waals surface area contributed by atoms with E-state index in [9.17, 15) is 4.39 Å². The summed E-state index contributed by atoms with van der Waals surface area (Å²) in [5.74, 6) is 0.447. The molecule has 2 nitrogen and oxygen atoms in total. The van der Waals surface area contributed by atoms with Crippen LogP contribution in [0, 0.1) is 19.7 Å². The fourth-order valence-corrected chi connectivity index (χ4v) is 1.53. The zero-order chi connectivity index (χ0) is 10.1. The first kappa shape index (κ1) is 8.94. The highest BCUT2D eigenvalue weighted by atomic mass is 19.1. The van der Waals surface area contributed by atoms with Crippen molar-refractivity contribution in [1.29, 1.82) is 0 Å². The molecule has 0 bridgehead atoms. The number of pyridine rings is 1. The van der Waals surface area contributed by atoms with E-state index < -0.39 is 0 Å². The second kappa shape index (κ2) is 3.25. The van der Waals surface area contributed by atoms with E-state index >= 15 is 0 Å². The quantitative estimate of drug-likeness (QED) is 0.676. The summed E-state index contributed by atoms with van der Waals surface area (Å²) in [5, 5.41) is 0. The summed E-state index contributed by atoms with van der Waals surface area (Å²) in [6.07, 6.45) is 1.23. The Morgan fingerprint density at radius 1 is 1.07 bits per heavy atom. The maximum atomic E-state index is 12.7. The van der Waals surface area contributed by atoms with Crippen LogP contribution in [0.4, 0.5) is 4.39 Å². The van der Waals surface area contributed by atoms with Crippen molar-refractivity contribution in [2.75, 3.05) is 0 Å². The number of aromatic nitrogens is 2. The molecule has 2 heterocycles. The molecule has 14 heavy (non-hydrogen) atoms. The Labute approximate surface area is 82.0 Å². The molecule has 0 unspecified atom stereocenters. The van der Waals surface area contributed by atoms with Gasteiger partial charge >= 0.3 is 0 Å². The zero-order valence-corrected chi connectivity index (χ0v) is 8.16. The Morgan fingerprint density at radius 3 is 2.21 bits per heavy atom. The van der Waals surface area contributed by atoms with Gasteiger partial charge in [0.2, 0.25) is 0 Å². The van der Waals surface area contributed by atoms with Crippen LogP contribution in [0.15, 0.2) is 30.5 Å². The van der Waals surface area contributed by atoms with Crippen molar-refractivity contribution in [3.8, 4) is 5.82 Å². The molecule has 0 aliphatic carbocycles. The SMILES string of the molecule is Cc1ccc(C)n1-c1ccc(F)cn1. The average Bonchev–Trinajstić information content (AvgIpc) is 2.49. The van der Waals surface area contributed by atoms with Crippen LogP contribution < -0.4 is 0 Å². The van der Waals surface area contributed by atoms with Gasteiger partial charge in [-0.05, 0) is 38.1 Å². The molecule has 0 aliphatic heterocycles. The molecule has 0 fully saturated rings. The maximum absolute atomic E-state index is 12.7. The molecule has 0 saturated heterocycles. The van der Waals surface area contributed by atoms with Crippen LogP contribution >= 0.6 is 0 Å². The van der Waals surface area contributed by atoms with Gasteiger partial charge in [0.25, 0.3) is 0 Å². The number of hydrogen-bond acceptors (Lipinski definition) is 1. The monoisotopic (exact) mass is 190 g/mol. The number of nitrogens with zero attached hydrogens (tertiary/aromatic N) is 2. The van der Waals surface area contributed by atoms with Gasteiger partial charge in [0.1, 0.15) is 11.6 Å². The lowest BCUT2D eigenvalue weighted by Crippen LogP contribution is -2.01. The molecule has 0 amide bonds. The van der Waals surface area contributed by atoms with Gasteiger partial charge in [-0.2, -0.15) is 0 Å². The van der Waals surface area contributed by atoms with Crippen LogP contribution in [-0.2, 0) is 0 Å². The van der Waals surface area contributed by atoms with Gasteiger partial charge in [-0.1, -0.05) is 0 Å². The smallest absolute Gasteiger partial charge is 0.141 e. The normalized spacial score (nSPS) is 10.5. The minimum atomic E-state index is -0.309. The van der Waals surface area contributed by atoms with Gasteiger partial charge < -0.3 is 4.57 Å². The third-order valence-electron chi connectivity index (χ3n) is 2.21. The van der Waals surface area contributed by atoms with Gasteiger partial charge in [-0.3, -0.25) is 0 Å². The fourth-order valence-electron chi connectivity index (χ4n) is 1.53. The van der Waals surface area contributed by atoms with E-state index in [2.05, 4.69) is 4.98 Å². The highest BCUT2D eigenvalue weighted by Gasteiger charge is 2.04. The van der Waals surface area contributed by atoms with Crippen LogP contribution in [0.2, 0.25) is 0 Å². The summed E-state index contributed by atoms with van der Waals surface area (Å²) >= 11 is 0. The lowest BCUT2D eigenvalue weighted by molar-refractivity contribution is 0.620. The molecule has 0 radical (unpaired) electrons. The molecule has 0 saturated carbocycles. The van der Waals surface area contributed by atoms with Crippen molar-refractivity contribution < 1.29 is 4.39 Å². The number of hydrogen-bond donors (Lipinski definition) is 0. The van der Waals surface area contributed by atoms with Gasteiger partial charge in [0.05, 0.1) is 6.20 Å². The maximum Gasteiger partial charge on any atom is 0.141 e. The molecule has 2 rings (SSSR count). The highest BCUT2D eigenvalue weighted by Crippen LogP contribution is 2.13. The largest absolute Gasteiger partial charge is 0.303 e. The highest BCUT2D eigenvalue weighted by molar-refractivity contribution is 5.30. The summed E-state index contributed by atoms with van der Waals surface area (Å²) in [7, 11) is 0. The van der Waals surface area contributed by atoms with Crippen molar-refractivity contribution >= 4 is 0 Å². The van der Waals surface area contributed by atoms with Crippen LogP contribution in [0.3, 0.4) is 0 Å². The Hall–Kier alpha value is -1.64. The van der Waals surface area contributed by atoms with Crippen molar-refractivity contribution in [3.63, 3.8) is 0 Å². The van der Waals surface area contributed by atoms with Crippen LogP contribution in [0.5, 0.6) is 0 Å². The zero-order valence-electron chi connectivity index (χ0n) is 8.16. The predicted molar refractivity (Wildman–Crippen MR) is 53.0 cm³/mol. The van der Waals surface area contributed by atoms with Crippen LogP contribution in [0.1, 0.15) is 11.4 Å². The summed E-state index contributed by atoms with van der Waals surface area (Å²) < 4.78 is 14.6. The van der Waals surface area contributed by atoms with Crippen molar-refractivity contribution in [2.45, 2.75) is 13.8 Å². The van der Waals surface area contributed by atoms with Gasteiger partial charge in [-0.25, -0.2) is 9.37 Å². The van der Waals surface area contributed by atoms with E-state index in [1.807, 2.05) is 30.5 Å². The van der Waals surface area contributed by atoms with Crippen molar-refractivity contribution in [3.05, 3.63) is 47.7 Å². The van der Waals surface area contributed by atoms with Gasteiger partial charge in [-0.15, -0.1) is 0 Å². The Bertz CT molecular complexity index is 423. The van der Waals surface area contributed by atoms with Crippen molar-refractivity contribution in [1.82, 2.24) is 9.55 Å². The van der Waals surface area contributed by atoms with Crippen molar-refractivity contribution in [2.24, 2.45) is 0 Å². The third-order valence-corrected chi connectivity index (χ3v) is 2.21. The van der Waals surface area contributed by atoms with E-state index in [0.29, 0.717) is 0 Å². The Balaban J connectivity index is 2.54. The standard InChI is InChI=1S/C11H11FN2/c1-8-3-4-9(2)14(8)11-6-5-10(12)7-13-11/h3-7H,1-2H3. The summed E-state index contributed by atoms with van der Waals surface area (Å²) in [5.41, 5.74) is 2.20. The second-order valence-electron chi connectivity index (χ2n) is 3.29. The molecule has 72 valence electrons. The van der Waals surface area contributed by atoms with Gasteiger partial charge in [0, 0.05) is 11.4 Å².